The van der Waals surface area contributed by atoms with Crippen molar-refractivity contribution in [3.63, 3.8) is 0 Å². The minimum atomic E-state index is -0.195. The van der Waals surface area contributed by atoms with Crippen molar-refractivity contribution >= 4 is 11.5 Å². The van der Waals surface area contributed by atoms with Gasteiger partial charge in [0.2, 0.25) is 0 Å². The number of hydrogen-bond donors (Lipinski definition) is 0. The third-order valence-corrected chi connectivity index (χ3v) is 6.92. The summed E-state index contributed by atoms with van der Waals surface area (Å²) in [5, 5.41) is 0. The lowest BCUT2D eigenvalue weighted by atomic mass is 9.99. The largest absolute Gasteiger partial charge is 0.372 e. The van der Waals surface area contributed by atoms with E-state index in [0.717, 1.165) is 49.8 Å². The summed E-state index contributed by atoms with van der Waals surface area (Å²) in [7, 11) is 0. The number of para-hydroxylation sites is 1. The van der Waals surface area contributed by atoms with E-state index in [1.807, 2.05) is 0 Å². The fraction of sp³-hybridized carbons (Fsp3) is 0.429. The molecule has 5 heteroatoms. The van der Waals surface area contributed by atoms with Crippen molar-refractivity contribution in [1.82, 2.24) is 9.97 Å². The van der Waals surface area contributed by atoms with Gasteiger partial charge in [0.05, 0.1) is 17.9 Å². The first-order chi connectivity index (χ1) is 15.8. The Morgan fingerprint density at radius 3 is 2.30 bits per heavy atom. The summed E-state index contributed by atoms with van der Waals surface area (Å²) >= 11 is 0. The second-order valence-electron chi connectivity index (χ2n) is 10.1. The Kier molecular flexibility index (Phi) is 5.61. The highest BCUT2D eigenvalue weighted by Crippen LogP contribution is 2.35. The van der Waals surface area contributed by atoms with Gasteiger partial charge in [-0.05, 0) is 57.4 Å². The van der Waals surface area contributed by atoms with Crippen LogP contribution >= 0.6 is 0 Å². The van der Waals surface area contributed by atoms with Gasteiger partial charge in [-0.25, -0.2) is 9.97 Å². The van der Waals surface area contributed by atoms with Crippen LogP contribution in [0.1, 0.15) is 41.8 Å². The second-order valence-corrected chi connectivity index (χ2v) is 10.1. The lowest BCUT2D eigenvalue weighted by molar-refractivity contribution is -0.0279. The highest BCUT2D eigenvalue weighted by atomic mass is 16.5. The van der Waals surface area contributed by atoms with Crippen molar-refractivity contribution in [2.45, 2.75) is 53.2 Å². The molecule has 0 aliphatic carbocycles. The number of anilines is 2. The molecule has 0 bridgehead atoms. The van der Waals surface area contributed by atoms with Gasteiger partial charge in [-0.15, -0.1) is 0 Å². The fourth-order valence-electron chi connectivity index (χ4n) is 5.26. The molecule has 0 unspecified atom stereocenters. The maximum absolute atomic E-state index is 6.02. The molecule has 0 radical (unpaired) electrons. The molecule has 2 aromatic carbocycles. The summed E-state index contributed by atoms with van der Waals surface area (Å²) < 4.78 is 6.02. The maximum Gasteiger partial charge on any atom is 0.162 e. The minimum absolute atomic E-state index is 0.195. The number of fused-ring (bicyclic) bond motifs is 1. The molecule has 3 heterocycles. The van der Waals surface area contributed by atoms with Gasteiger partial charge in [0.25, 0.3) is 0 Å². The van der Waals surface area contributed by atoms with E-state index in [4.69, 9.17) is 14.7 Å². The Morgan fingerprint density at radius 1 is 0.848 bits per heavy atom. The number of ether oxygens (including phenoxy) is 1. The van der Waals surface area contributed by atoms with E-state index in [1.165, 1.54) is 33.6 Å². The number of rotatable bonds is 3. The topological polar surface area (TPSA) is 41.5 Å². The van der Waals surface area contributed by atoms with Crippen LogP contribution in [-0.4, -0.2) is 41.8 Å². The van der Waals surface area contributed by atoms with E-state index in [-0.39, 0.29) is 5.60 Å². The average Bonchev–Trinajstić information content (AvgIpc) is 2.78. The van der Waals surface area contributed by atoms with Crippen LogP contribution in [0.3, 0.4) is 0 Å². The summed E-state index contributed by atoms with van der Waals surface area (Å²) in [5.74, 6) is 1.93. The highest BCUT2D eigenvalue weighted by Gasteiger charge is 2.32. The van der Waals surface area contributed by atoms with Crippen LogP contribution in [0.4, 0.5) is 11.5 Å². The number of benzene rings is 2. The lowest BCUT2D eigenvalue weighted by Crippen LogP contribution is -2.49. The third-order valence-electron chi connectivity index (χ3n) is 6.92. The molecule has 0 amide bonds. The first-order valence-corrected chi connectivity index (χ1v) is 12.0. The molecule has 2 aliphatic rings. The van der Waals surface area contributed by atoms with E-state index in [2.05, 4.69) is 86.9 Å². The van der Waals surface area contributed by atoms with E-state index >= 15 is 0 Å². The minimum Gasteiger partial charge on any atom is -0.372 e. The van der Waals surface area contributed by atoms with Crippen LogP contribution in [0.2, 0.25) is 0 Å². The highest BCUT2D eigenvalue weighted by molar-refractivity contribution is 5.68. The van der Waals surface area contributed by atoms with E-state index < -0.39 is 0 Å². The van der Waals surface area contributed by atoms with E-state index in [9.17, 15) is 0 Å². The predicted molar refractivity (Wildman–Crippen MR) is 135 cm³/mol. The second kappa shape index (κ2) is 8.45. The van der Waals surface area contributed by atoms with Gasteiger partial charge in [0, 0.05) is 49.4 Å². The summed E-state index contributed by atoms with van der Waals surface area (Å²) in [4.78, 5) is 15.3. The predicted octanol–water partition coefficient (Wildman–Crippen LogP) is 5.25. The first-order valence-electron chi connectivity index (χ1n) is 12.0. The van der Waals surface area contributed by atoms with Crippen molar-refractivity contribution < 1.29 is 4.74 Å². The summed E-state index contributed by atoms with van der Waals surface area (Å²) in [6.07, 6.45) is 0.921. The molecule has 3 aromatic rings. The van der Waals surface area contributed by atoms with Crippen molar-refractivity contribution in [3.8, 4) is 11.4 Å². The number of aryl methyl sites for hydroxylation is 3. The van der Waals surface area contributed by atoms with Gasteiger partial charge in [-0.2, -0.15) is 0 Å². The van der Waals surface area contributed by atoms with Gasteiger partial charge >= 0.3 is 0 Å². The monoisotopic (exact) mass is 442 g/mol. The molecule has 0 atom stereocenters. The van der Waals surface area contributed by atoms with Crippen LogP contribution in [0.5, 0.6) is 0 Å². The summed E-state index contributed by atoms with van der Waals surface area (Å²) in [6, 6.07) is 15.1. The van der Waals surface area contributed by atoms with Gasteiger partial charge < -0.3 is 14.5 Å². The number of nitrogens with zero attached hydrogens (tertiary/aromatic N) is 4. The molecule has 0 N–H and O–H groups in total. The average molecular weight is 443 g/mol. The van der Waals surface area contributed by atoms with E-state index in [0.29, 0.717) is 6.61 Å². The molecule has 5 nitrogen and oxygen atoms in total. The van der Waals surface area contributed by atoms with Crippen molar-refractivity contribution in [2.24, 2.45) is 0 Å². The molecular weight excluding hydrogens is 408 g/mol. The summed E-state index contributed by atoms with van der Waals surface area (Å²) in [5.41, 5.74) is 8.47. The molecule has 1 aromatic heterocycles. The van der Waals surface area contributed by atoms with Crippen LogP contribution in [0.15, 0.2) is 42.5 Å². The molecule has 1 fully saturated rings. The number of aromatic nitrogens is 2. The first kappa shape index (κ1) is 21.9. The zero-order chi connectivity index (χ0) is 23.2. The number of hydrogen-bond acceptors (Lipinski definition) is 5. The third kappa shape index (κ3) is 4.22. The van der Waals surface area contributed by atoms with Gasteiger partial charge in [-0.1, -0.05) is 36.4 Å². The molecular formula is C28H34N4O. The molecule has 33 heavy (non-hydrogen) atoms. The Balaban J connectivity index is 1.63. The standard InChI is InChI=1S/C28H34N4O/c1-19-9-6-7-12-24(19)31-14-13-23-22(17-31)27(32-15-16-33-28(4,5)18-32)30-26(29-23)25-20(2)10-8-11-21(25)3/h6-12H,13-18H2,1-5H3. The normalized spacial score (nSPS) is 17.7. The zero-order valence-electron chi connectivity index (χ0n) is 20.5. The molecule has 1 saturated heterocycles. The molecule has 0 spiro atoms. The molecule has 5 rings (SSSR count). The van der Waals surface area contributed by atoms with Crippen LogP contribution in [0.25, 0.3) is 11.4 Å². The fourth-order valence-corrected chi connectivity index (χ4v) is 5.26. The van der Waals surface area contributed by atoms with Crippen molar-refractivity contribution in [3.05, 3.63) is 70.4 Å². The zero-order valence-corrected chi connectivity index (χ0v) is 20.5. The molecule has 172 valence electrons. The quantitative estimate of drug-likeness (QED) is 0.554. The van der Waals surface area contributed by atoms with Crippen LogP contribution in [0, 0.1) is 20.8 Å². The lowest BCUT2D eigenvalue weighted by Gasteiger charge is -2.41. The van der Waals surface area contributed by atoms with Crippen molar-refractivity contribution in [1.29, 1.82) is 0 Å². The molecule has 0 saturated carbocycles. The SMILES string of the molecule is Cc1ccccc1N1CCc2nc(-c3c(C)cccc3C)nc(N3CCOC(C)(C)C3)c2C1. The number of morpholine rings is 1. The van der Waals surface area contributed by atoms with E-state index in [1.54, 1.807) is 0 Å². The van der Waals surface area contributed by atoms with Gasteiger partial charge in [0.15, 0.2) is 5.82 Å². The van der Waals surface area contributed by atoms with Crippen LogP contribution in [-0.2, 0) is 17.7 Å². The Bertz CT molecular complexity index is 1170. The Morgan fingerprint density at radius 2 is 1.58 bits per heavy atom. The van der Waals surface area contributed by atoms with Crippen molar-refractivity contribution in [2.75, 3.05) is 36.0 Å². The Labute approximate surface area is 197 Å². The Hall–Kier alpha value is -2.92. The van der Waals surface area contributed by atoms with Crippen LogP contribution < -0.4 is 9.80 Å². The van der Waals surface area contributed by atoms with Gasteiger partial charge in [-0.3, -0.25) is 0 Å². The smallest absolute Gasteiger partial charge is 0.162 e. The molecule has 2 aliphatic heterocycles. The summed E-state index contributed by atoms with van der Waals surface area (Å²) in [6.45, 7) is 15.0. The maximum atomic E-state index is 6.02. The van der Waals surface area contributed by atoms with Gasteiger partial charge in [0.1, 0.15) is 5.82 Å².